The van der Waals surface area contributed by atoms with Gasteiger partial charge < -0.3 is 5.11 Å². The number of nitrogens with zero attached hydrogens (tertiary/aromatic N) is 8. The number of hydrogen-bond acceptors (Lipinski definition) is 7. The minimum atomic E-state index is -0.643. The van der Waals surface area contributed by atoms with Crippen LogP contribution in [0, 0.1) is 13.8 Å². The molecular weight excluding hydrogens is 562 g/mol. The van der Waals surface area contributed by atoms with Gasteiger partial charge in [0.1, 0.15) is 0 Å². The number of aliphatic hydroxyl groups excluding tert-OH is 1. The molecule has 45 heavy (non-hydrogen) atoms. The van der Waals surface area contributed by atoms with Crippen LogP contribution in [-0.2, 0) is 6.54 Å². The second-order valence-electron chi connectivity index (χ2n) is 12.6. The van der Waals surface area contributed by atoms with Crippen LogP contribution in [0.4, 0.5) is 0 Å². The summed E-state index contributed by atoms with van der Waals surface area (Å²) < 4.78 is 3.90. The van der Waals surface area contributed by atoms with Crippen LogP contribution in [0.1, 0.15) is 97.4 Å². The number of aliphatic hydroxyl groups is 1. The van der Waals surface area contributed by atoms with E-state index in [0.717, 1.165) is 82.0 Å². The number of nitrogens with one attached hydrogen (secondary N) is 1. The minimum absolute atomic E-state index is 0.265. The highest BCUT2D eigenvalue weighted by Crippen LogP contribution is 2.40. The fourth-order valence-electron chi connectivity index (χ4n) is 7.00. The normalized spacial score (nSPS) is 17.7. The number of aryl methyl sites for hydroxylation is 1. The lowest BCUT2D eigenvalue weighted by Gasteiger charge is -2.26. The van der Waals surface area contributed by atoms with E-state index in [1.807, 2.05) is 53.3 Å². The maximum absolute atomic E-state index is 10.9. The van der Waals surface area contributed by atoms with E-state index in [0.29, 0.717) is 18.4 Å². The van der Waals surface area contributed by atoms with Crippen molar-refractivity contribution < 1.29 is 5.11 Å². The Morgan fingerprint density at radius 3 is 2.40 bits per heavy atom. The SMILES string of the molecule is Cc1nc(C2CCC(c3nn[nH]n3)CC2)ccc1-n1nc(-c2cccc3nn(C[C@H](O)c4ccccc4)cc23)c(C(C)C)c1C. The quantitative estimate of drug-likeness (QED) is 0.199. The average molecular weight is 602 g/mol. The average Bonchev–Trinajstić information content (AvgIpc) is 3.80. The molecule has 0 amide bonds. The summed E-state index contributed by atoms with van der Waals surface area (Å²) in [5, 5.41) is 36.7. The summed E-state index contributed by atoms with van der Waals surface area (Å²) in [4.78, 5) is 5.12. The van der Waals surface area contributed by atoms with Gasteiger partial charge in [0.15, 0.2) is 5.82 Å². The van der Waals surface area contributed by atoms with Crippen molar-refractivity contribution in [3.05, 3.63) is 101 Å². The van der Waals surface area contributed by atoms with Crippen molar-refractivity contribution in [3.8, 4) is 16.9 Å². The molecular formula is C35H39N9O. The van der Waals surface area contributed by atoms with E-state index in [-0.39, 0.29) is 5.92 Å². The van der Waals surface area contributed by atoms with Crippen LogP contribution >= 0.6 is 0 Å². The third kappa shape index (κ3) is 5.55. The monoisotopic (exact) mass is 601 g/mol. The van der Waals surface area contributed by atoms with Crippen molar-refractivity contribution in [2.75, 3.05) is 0 Å². The van der Waals surface area contributed by atoms with Gasteiger partial charge in [-0.05, 0) is 69.2 Å². The third-order valence-electron chi connectivity index (χ3n) is 9.32. The Bertz CT molecular complexity index is 1920. The summed E-state index contributed by atoms with van der Waals surface area (Å²) >= 11 is 0. The molecule has 4 heterocycles. The highest BCUT2D eigenvalue weighted by molar-refractivity contribution is 5.94. The zero-order valence-electron chi connectivity index (χ0n) is 26.2. The van der Waals surface area contributed by atoms with Crippen molar-refractivity contribution >= 4 is 10.9 Å². The van der Waals surface area contributed by atoms with Crippen molar-refractivity contribution in [2.24, 2.45) is 0 Å². The van der Waals surface area contributed by atoms with Crippen LogP contribution in [0.2, 0.25) is 0 Å². The van der Waals surface area contributed by atoms with Gasteiger partial charge in [0, 0.05) is 45.9 Å². The summed E-state index contributed by atoms with van der Waals surface area (Å²) in [7, 11) is 0. The molecule has 0 bridgehead atoms. The Balaban J connectivity index is 1.19. The number of hydrogen-bond donors (Lipinski definition) is 2. The molecule has 6 aromatic rings. The molecule has 2 N–H and O–H groups in total. The minimum Gasteiger partial charge on any atom is -0.386 e. The van der Waals surface area contributed by atoms with Crippen molar-refractivity contribution in [1.29, 1.82) is 0 Å². The first-order chi connectivity index (χ1) is 21.9. The molecule has 1 saturated carbocycles. The van der Waals surface area contributed by atoms with Crippen molar-refractivity contribution in [1.82, 2.24) is 45.2 Å². The van der Waals surface area contributed by atoms with E-state index in [1.165, 1.54) is 5.56 Å². The highest BCUT2D eigenvalue weighted by atomic mass is 16.3. The largest absolute Gasteiger partial charge is 0.386 e. The lowest BCUT2D eigenvalue weighted by Crippen LogP contribution is -2.15. The number of rotatable bonds is 8. The molecule has 0 spiro atoms. The van der Waals surface area contributed by atoms with Gasteiger partial charge in [0.05, 0.1) is 35.2 Å². The number of aromatic amines is 1. The van der Waals surface area contributed by atoms with E-state index in [4.69, 9.17) is 15.2 Å². The summed E-state index contributed by atoms with van der Waals surface area (Å²) in [5.41, 5.74) is 9.20. The second kappa shape index (κ2) is 12.0. The zero-order valence-corrected chi connectivity index (χ0v) is 26.2. The number of benzene rings is 2. The van der Waals surface area contributed by atoms with E-state index in [9.17, 15) is 5.11 Å². The van der Waals surface area contributed by atoms with Gasteiger partial charge in [-0.25, -0.2) is 4.68 Å². The third-order valence-corrected chi connectivity index (χ3v) is 9.32. The Morgan fingerprint density at radius 1 is 0.911 bits per heavy atom. The maximum Gasteiger partial charge on any atom is 0.177 e. The summed E-state index contributed by atoms with van der Waals surface area (Å²) in [6, 6.07) is 20.3. The second-order valence-corrected chi connectivity index (χ2v) is 12.6. The van der Waals surface area contributed by atoms with Gasteiger partial charge in [0.25, 0.3) is 0 Å². The van der Waals surface area contributed by atoms with E-state index < -0.39 is 6.10 Å². The number of aromatic nitrogens is 9. The van der Waals surface area contributed by atoms with Gasteiger partial charge in [-0.1, -0.05) is 61.5 Å². The molecule has 7 rings (SSSR count). The molecule has 1 aliphatic rings. The maximum atomic E-state index is 10.9. The predicted molar refractivity (Wildman–Crippen MR) is 173 cm³/mol. The van der Waals surface area contributed by atoms with Crippen LogP contribution in [0.25, 0.3) is 27.8 Å². The molecule has 1 fully saturated rings. The van der Waals surface area contributed by atoms with E-state index >= 15 is 0 Å². The fraction of sp³-hybridized carbons (Fsp3) is 0.371. The zero-order chi connectivity index (χ0) is 31.1. The smallest absolute Gasteiger partial charge is 0.177 e. The first-order valence-corrected chi connectivity index (χ1v) is 15.9. The van der Waals surface area contributed by atoms with Gasteiger partial charge in [-0.15, -0.1) is 10.2 Å². The topological polar surface area (TPSA) is 123 Å². The van der Waals surface area contributed by atoms with Gasteiger partial charge in [-0.3, -0.25) is 9.67 Å². The standard InChI is InChI=1S/C35H39N9O/c1-21(2)33-23(4)44(31-18-17-29(36-22(31)3)24-13-15-26(16-14-24)35-37-41-42-38-35)40-34(33)27-11-8-12-30-28(27)19-43(39-30)20-32(45)25-9-6-5-7-10-25/h5-12,17-19,21,24,26,32,45H,13-16,20H2,1-4H3,(H,37,38,41,42)/t24?,26?,32-/m0/s1. The molecule has 230 valence electrons. The molecule has 0 radical (unpaired) electrons. The molecule has 10 heteroatoms. The summed E-state index contributed by atoms with van der Waals surface area (Å²) in [6.45, 7) is 9.05. The number of fused-ring (bicyclic) bond motifs is 1. The molecule has 4 aromatic heterocycles. The molecule has 0 unspecified atom stereocenters. The molecule has 0 aliphatic heterocycles. The number of tetrazole rings is 1. The first-order valence-electron chi connectivity index (χ1n) is 15.9. The Kier molecular flexibility index (Phi) is 7.75. The summed E-state index contributed by atoms with van der Waals surface area (Å²) in [6.07, 6.45) is 5.60. The van der Waals surface area contributed by atoms with Crippen LogP contribution < -0.4 is 0 Å². The van der Waals surface area contributed by atoms with Crippen molar-refractivity contribution in [3.63, 3.8) is 0 Å². The molecule has 2 aromatic carbocycles. The van der Waals surface area contributed by atoms with Gasteiger partial charge in [-0.2, -0.15) is 15.4 Å². The number of pyridine rings is 1. The first kappa shape index (κ1) is 29.0. The van der Waals surface area contributed by atoms with Crippen molar-refractivity contribution in [2.45, 2.75) is 83.8 Å². The van der Waals surface area contributed by atoms with E-state index in [1.54, 1.807) is 0 Å². The van der Waals surface area contributed by atoms with Crippen LogP contribution in [-0.4, -0.2) is 50.3 Å². The predicted octanol–water partition coefficient (Wildman–Crippen LogP) is 6.71. The van der Waals surface area contributed by atoms with Gasteiger partial charge in [0.2, 0.25) is 0 Å². The van der Waals surface area contributed by atoms with Crippen LogP contribution in [0.15, 0.2) is 66.9 Å². The Morgan fingerprint density at radius 2 is 1.69 bits per heavy atom. The Labute approximate surface area is 262 Å². The fourth-order valence-corrected chi connectivity index (χ4v) is 7.00. The molecule has 10 nitrogen and oxygen atoms in total. The molecule has 1 atom stereocenters. The lowest BCUT2D eigenvalue weighted by atomic mass is 9.80. The van der Waals surface area contributed by atoms with Gasteiger partial charge >= 0.3 is 0 Å². The Hall–Kier alpha value is -4.70. The van der Waals surface area contributed by atoms with Crippen LogP contribution in [0.3, 0.4) is 0 Å². The van der Waals surface area contributed by atoms with E-state index in [2.05, 4.69) is 71.2 Å². The van der Waals surface area contributed by atoms with Crippen LogP contribution in [0.5, 0.6) is 0 Å². The summed E-state index contributed by atoms with van der Waals surface area (Å²) in [5.74, 6) is 1.88. The number of H-pyrrole nitrogens is 1. The lowest BCUT2D eigenvalue weighted by molar-refractivity contribution is 0.152. The molecule has 0 saturated heterocycles. The highest BCUT2D eigenvalue weighted by Gasteiger charge is 2.28. The molecule has 1 aliphatic carbocycles.